The van der Waals surface area contributed by atoms with Crippen molar-refractivity contribution >= 4 is 29.9 Å². The van der Waals surface area contributed by atoms with E-state index < -0.39 is 0 Å². The summed E-state index contributed by atoms with van der Waals surface area (Å²) in [6.07, 6.45) is 0. The van der Waals surface area contributed by atoms with Crippen molar-refractivity contribution in [3.63, 3.8) is 0 Å². The number of nitrogens with zero attached hydrogens (tertiary/aromatic N) is 1. The van der Waals surface area contributed by atoms with E-state index in [-0.39, 0.29) is 35.5 Å². The molecule has 0 aliphatic rings. The van der Waals surface area contributed by atoms with Gasteiger partial charge in [-0.2, -0.15) is 0 Å². The van der Waals surface area contributed by atoms with Crippen LogP contribution in [0.3, 0.4) is 0 Å². The van der Waals surface area contributed by atoms with Crippen LogP contribution in [0.25, 0.3) is 0 Å². The zero-order chi connectivity index (χ0) is 14.8. The molecule has 5 nitrogen and oxygen atoms in total. The molecule has 0 unspecified atom stereocenters. The second-order valence-corrected chi connectivity index (χ2v) is 4.08. The van der Waals surface area contributed by atoms with Gasteiger partial charge in [-0.1, -0.05) is 6.07 Å². The molecule has 0 bridgehead atoms. The number of nitrogens with one attached hydrogen (secondary N) is 2. The molecule has 0 atom stereocenters. The van der Waals surface area contributed by atoms with Crippen molar-refractivity contribution in [2.45, 2.75) is 13.5 Å². The Kier molecular flexibility index (Phi) is 11.0. The highest BCUT2D eigenvalue weighted by Crippen LogP contribution is 2.17. The van der Waals surface area contributed by atoms with E-state index >= 15 is 0 Å². The Balaban J connectivity index is 0.00000400. The summed E-state index contributed by atoms with van der Waals surface area (Å²) in [4.78, 5) is 4.38. The Morgan fingerprint density at radius 2 is 2.05 bits per heavy atom. The fourth-order valence-corrected chi connectivity index (χ4v) is 1.59. The van der Waals surface area contributed by atoms with Crippen molar-refractivity contribution in [1.29, 1.82) is 0 Å². The fraction of sp³-hybridized carbons (Fsp3) is 0.500. The number of rotatable bonds is 7. The standard InChI is InChI=1S/C14H22FN3O2.HI/c1-4-16-14(17-7-8-19-2)18-10-11-5-6-13(20-3)12(15)9-11;/h5-6,9H,4,7-8,10H2,1-3H3,(H2,16,17,18);1H. The first-order valence-electron chi connectivity index (χ1n) is 6.54. The van der Waals surface area contributed by atoms with Gasteiger partial charge in [-0.15, -0.1) is 24.0 Å². The van der Waals surface area contributed by atoms with Crippen molar-refractivity contribution in [3.8, 4) is 5.75 Å². The molecule has 0 radical (unpaired) electrons. The number of guanidine groups is 1. The predicted octanol–water partition coefficient (Wildman–Crippen LogP) is 2.15. The molecular weight excluding hydrogens is 388 g/mol. The molecule has 7 heteroatoms. The maximum absolute atomic E-state index is 13.6. The maximum Gasteiger partial charge on any atom is 0.191 e. The molecule has 0 amide bonds. The molecule has 0 saturated heterocycles. The topological polar surface area (TPSA) is 54.9 Å². The van der Waals surface area contributed by atoms with Crippen molar-refractivity contribution in [3.05, 3.63) is 29.6 Å². The summed E-state index contributed by atoms with van der Waals surface area (Å²) in [6, 6.07) is 4.83. The van der Waals surface area contributed by atoms with Gasteiger partial charge in [0.05, 0.1) is 20.3 Å². The molecule has 0 aliphatic heterocycles. The molecule has 1 rings (SSSR count). The quantitative estimate of drug-likeness (QED) is 0.313. The predicted molar refractivity (Wildman–Crippen MR) is 93.1 cm³/mol. The summed E-state index contributed by atoms with van der Waals surface area (Å²) in [5.41, 5.74) is 0.784. The number of halogens is 2. The van der Waals surface area contributed by atoms with Gasteiger partial charge < -0.3 is 20.1 Å². The minimum atomic E-state index is -0.377. The van der Waals surface area contributed by atoms with Crippen LogP contribution in [0.5, 0.6) is 5.75 Å². The molecule has 1 aromatic carbocycles. The highest BCUT2D eigenvalue weighted by molar-refractivity contribution is 14.0. The van der Waals surface area contributed by atoms with E-state index in [2.05, 4.69) is 15.6 Å². The average Bonchev–Trinajstić information content (AvgIpc) is 2.45. The second kappa shape index (κ2) is 11.6. The van der Waals surface area contributed by atoms with E-state index in [1.807, 2.05) is 6.92 Å². The zero-order valence-corrected chi connectivity index (χ0v) is 14.9. The summed E-state index contributed by atoms with van der Waals surface area (Å²) in [6.45, 7) is 4.40. The SMILES string of the molecule is CCNC(=NCc1ccc(OC)c(F)c1)NCCOC.I. The molecule has 0 saturated carbocycles. The van der Waals surface area contributed by atoms with Crippen LogP contribution in [-0.4, -0.2) is 39.9 Å². The fourth-order valence-electron chi connectivity index (χ4n) is 1.59. The number of hydrogen-bond donors (Lipinski definition) is 2. The molecule has 0 heterocycles. The summed E-state index contributed by atoms with van der Waals surface area (Å²) >= 11 is 0. The molecule has 0 aromatic heterocycles. The smallest absolute Gasteiger partial charge is 0.191 e. The third-order valence-corrected chi connectivity index (χ3v) is 2.58. The van der Waals surface area contributed by atoms with Crippen LogP contribution in [0.4, 0.5) is 4.39 Å². The van der Waals surface area contributed by atoms with E-state index in [0.717, 1.165) is 12.1 Å². The number of benzene rings is 1. The lowest BCUT2D eigenvalue weighted by atomic mass is 10.2. The van der Waals surface area contributed by atoms with E-state index in [1.165, 1.54) is 13.2 Å². The van der Waals surface area contributed by atoms with Gasteiger partial charge in [0.15, 0.2) is 17.5 Å². The normalized spacial score (nSPS) is 10.8. The largest absolute Gasteiger partial charge is 0.494 e. The van der Waals surface area contributed by atoms with Crippen LogP contribution < -0.4 is 15.4 Å². The van der Waals surface area contributed by atoms with Gasteiger partial charge in [0.25, 0.3) is 0 Å². The second-order valence-electron chi connectivity index (χ2n) is 4.08. The van der Waals surface area contributed by atoms with Crippen LogP contribution >= 0.6 is 24.0 Å². The molecule has 2 N–H and O–H groups in total. The van der Waals surface area contributed by atoms with Gasteiger partial charge in [0.2, 0.25) is 0 Å². The lowest BCUT2D eigenvalue weighted by Crippen LogP contribution is -2.38. The molecule has 21 heavy (non-hydrogen) atoms. The van der Waals surface area contributed by atoms with Crippen molar-refractivity contribution in [2.24, 2.45) is 4.99 Å². The monoisotopic (exact) mass is 411 g/mol. The third kappa shape index (κ3) is 7.47. The van der Waals surface area contributed by atoms with Gasteiger partial charge in [0, 0.05) is 20.2 Å². The first-order valence-corrected chi connectivity index (χ1v) is 6.54. The Labute approximate surface area is 142 Å². The van der Waals surface area contributed by atoms with Gasteiger partial charge in [0.1, 0.15) is 0 Å². The van der Waals surface area contributed by atoms with Crippen LogP contribution in [-0.2, 0) is 11.3 Å². The molecule has 0 fully saturated rings. The van der Waals surface area contributed by atoms with E-state index in [0.29, 0.717) is 25.7 Å². The molecule has 1 aromatic rings. The number of ether oxygens (including phenoxy) is 2. The van der Waals surface area contributed by atoms with Crippen LogP contribution in [0.15, 0.2) is 23.2 Å². The van der Waals surface area contributed by atoms with Crippen molar-refractivity contribution in [1.82, 2.24) is 10.6 Å². The van der Waals surface area contributed by atoms with E-state index in [4.69, 9.17) is 9.47 Å². The maximum atomic E-state index is 13.6. The minimum Gasteiger partial charge on any atom is -0.494 e. The van der Waals surface area contributed by atoms with E-state index in [9.17, 15) is 4.39 Å². The van der Waals surface area contributed by atoms with Crippen LogP contribution in [0, 0.1) is 5.82 Å². The molecule has 0 spiro atoms. The molecule has 0 aliphatic carbocycles. The summed E-state index contributed by atoms with van der Waals surface area (Å²) in [5, 5.41) is 6.24. The van der Waals surface area contributed by atoms with Crippen molar-refractivity contribution < 1.29 is 13.9 Å². The van der Waals surface area contributed by atoms with Gasteiger partial charge in [-0.05, 0) is 24.6 Å². The van der Waals surface area contributed by atoms with Gasteiger partial charge in [-0.3, -0.25) is 0 Å². The van der Waals surface area contributed by atoms with E-state index in [1.54, 1.807) is 19.2 Å². The van der Waals surface area contributed by atoms with Crippen molar-refractivity contribution in [2.75, 3.05) is 33.9 Å². The highest BCUT2D eigenvalue weighted by atomic mass is 127. The average molecular weight is 411 g/mol. The van der Waals surface area contributed by atoms with Crippen LogP contribution in [0.2, 0.25) is 0 Å². The molecule has 120 valence electrons. The lowest BCUT2D eigenvalue weighted by molar-refractivity contribution is 0.203. The van der Waals surface area contributed by atoms with Gasteiger partial charge >= 0.3 is 0 Å². The first kappa shape index (κ1) is 19.9. The Hall–Kier alpha value is -1.09. The first-order chi connectivity index (χ1) is 9.71. The number of hydrogen-bond acceptors (Lipinski definition) is 3. The molecular formula is C14H23FIN3O2. The Morgan fingerprint density at radius 3 is 2.62 bits per heavy atom. The minimum absolute atomic E-state index is 0. The van der Waals surface area contributed by atoms with Gasteiger partial charge in [-0.25, -0.2) is 9.38 Å². The Bertz CT molecular complexity index is 444. The summed E-state index contributed by atoms with van der Waals surface area (Å²) in [7, 11) is 3.09. The third-order valence-electron chi connectivity index (χ3n) is 2.58. The highest BCUT2D eigenvalue weighted by Gasteiger charge is 2.03. The number of aliphatic imine (C=N–C) groups is 1. The lowest BCUT2D eigenvalue weighted by Gasteiger charge is -2.11. The Morgan fingerprint density at radius 1 is 1.29 bits per heavy atom. The zero-order valence-electron chi connectivity index (χ0n) is 12.6. The summed E-state index contributed by atoms with van der Waals surface area (Å²) in [5.74, 6) is 0.543. The number of methoxy groups -OCH3 is 2. The van der Waals surface area contributed by atoms with Crippen LogP contribution in [0.1, 0.15) is 12.5 Å². The summed E-state index contributed by atoms with van der Waals surface area (Å²) < 4.78 is 23.4.